The minimum absolute atomic E-state index is 0.0132. The van der Waals surface area contributed by atoms with Crippen molar-refractivity contribution in [2.75, 3.05) is 6.79 Å². The number of Topliss-reactive ketones (excluding diaryl/α,β-unsaturated/α-hetero) is 1. The van der Waals surface area contributed by atoms with Crippen molar-refractivity contribution in [2.45, 2.75) is 44.6 Å². The Morgan fingerprint density at radius 2 is 2.19 bits per heavy atom. The van der Waals surface area contributed by atoms with Crippen LogP contribution in [0.1, 0.15) is 18.9 Å². The van der Waals surface area contributed by atoms with Crippen LogP contribution < -0.4 is 0 Å². The molecule has 2 saturated heterocycles. The number of benzene rings is 1. The number of carbonyl (C=O) groups excluding carboxylic acids is 1. The summed E-state index contributed by atoms with van der Waals surface area (Å²) in [7, 11) is 0. The number of rotatable bonds is 5. The maximum atomic E-state index is 12.0. The van der Waals surface area contributed by atoms with Crippen LogP contribution in [0.3, 0.4) is 0 Å². The highest BCUT2D eigenvalue weighted by Crippen LogP contribution is 2.33. The van der Waals surface area contributed by atoms with Crippen LogP contribution in [0.15, 0.2) is 24.3 Å². The molecule has 0 saturated carbocycles. The number of halogens is 1. The molecule has 6 heteroatoms. The molecule has 5 nitrogen and oxygen atoms in total. The van der Waals surface area contributed by atoms with E-state index in [1.54, 1.807) is 13.0 Å². The van der Waals surface area contributed by atoms with Gasteiger partial charge in [-0.15, -0.1) is 0 Å². The summed E-state index contributed by atoms with van der Waals surface area (Å²) in [4.78, 5) is 12.0. The summed E-state index contributed by atoms with van der Waals surface area (Å²) in [6.07, 6.45) is -1.63. The number of ether oxygens (including phenoxy) is 4. The first-order chi connectivity index (χ1) is 10.2. The molecule has 114 valence electrons. The Hall–Kier alpha value is -0.980. The first-order valence-electron chi connectivity index (χ1n) is 6.97. The molecule has 0 radical (unpaired) electrons. The number of carbonyl (C=O) groups is 1. The normalized spacial score (nSPS) is 31.3. The maximum Gasteiger partial charge on any atom is 0.190 e. The van der Waals surface area contributed by atoms with E-state index in [1.807, 2.05) is 18.2 Å². The van der Waals surface area contributed by atoms with Crippen molar-refractivity contribution in [3.8, 4) is 0 Å². The van der Waals surface area contributed by atoms with E-state index in [0.29, 0.717) is 18.1 Å². The Kier molecular flexibility index (Phi) is 4.57. The predicted molar refractivity (Wildman–Crippen MR) is 74.8 cm³/mol. The molecular weight excluding hydrogens is 296 g/mol. The first kappa shape index (κ1) is 14.9. The Morgan fingerprint density at radius 3 is 2.95 bits per heavy atom. The zero-order valence-corrected chi connectivity index (χ0v) is 12.4. The lowest BCUT2D eigenvalue weighted by Gasteiger charge is -2.21. The van der Waals surface area contributed by atoms with Gasteiger partial charge in [-0.25, -0.2) is 0 Å². The molecular formula is C15H17ClO5. The molecule has 1 aromatic rings. The van der Waals surface area contributed by atoms with Gasteiger partial charge in [-0.2, -0.15) is 0 Å². The largest absolute Gasteiger partial charge is 0.367 e. The topological polar surface area (TPSA) is 54.0 Å². The van der Waals surface area contributed by atoms with Crippen molar-refractivity contribution >= 4 is 17.4 Å². The Morgan fingerprint density at radius 1 is 1.38 bits per heavy atom. The van der Waals surface area contributed by atoms with Crippen LogP contribution in [0.5, 0.6) is 0 Å². The van der Waals surface area contributed by atoms with Crippen molar-refractivity contribution in [2.24, 2.45) is 0 Å². The SMILES string of the molecule is CCC(=O)[C@H]1O[C@@H]2OCO[C@@H]2[C@H]1OCc1ccccc1Cl. The van der Waals surface area contributed by atoms with Crippen LogP contribution in [-0.4, -0.2) is 37.2 Å². The summed E-state index contributed by atoms with van der Waals surface area (Å²) in [6.45, 7) is 2.26. The highest BCUT2D eigenvalue weighted by molar-refractivity contribution is 6.31. The van der Waals surface area contributed by atoms with E-state index in [-0.39, 0.29) is 18.7 Å². The Bertz CT molecular complexity index is 521. The van der Waals surface area contributed by atoms with Crippen molar-refractivity contribution in [3.05, 3.63) is 34.9 Å². The molecule has 0 amide bonds. The summed E-state index contributed by atoms with van der Waals surface area (Å²) >= 11 is 6.11. The molecule has 0 N–H and O–H groups in total. The van der Waals surface area contributed by atoms with Crippen LogP contribution in [0.4, 0.5) is 0 Å². The van der Waals surface area contributed by atoms with Gasteiger partial charge >= 0.3 is 0 Å². The second-order valence-corrected chi connectivity index (χ2v) is 5.43. The zero-order chi connectivity index (χ0) is 14.8. The molecule has 2 heterocycles. The fourth-order valence-electron chi connectivity index (χ4n) is 2.56. The fraction of sp³-hybridized carbons (Fsp3) is 0.533. The number of hydrogen-bond donors (Lipinski definition) is 0. The number of hydrogen-bond acceptors (Lipinski definition) is 5. The lowest BCUT2D eigenvalue weighted by molar-refractivity contribution is -0.157. The smallest absolute Gasteiger partial charge is 0.190 e. The van der Waals surface area contributed by atoms with Crippen molar-refractivity contribution in [1.82, 2.24) is 0 Å². The summed E-state index contributed by atoms with van der Waals surface area (Å²) in [5.74, 6) is -0.0132. The first-order valence-corrected chi connectivity index (χ1v) is 7.35. The zero-order valence-electron chi connectivity index (χ0n) is 11.7. The van der Waals surface area contributed by atoms with E-state index in [1.165, 1.54) is 0 Å². The Balaban J connectivity index is 1.71. The molecule has 0 aliphatic carbocycles. The van der Waals surface area contributed by atoms with Gasteiger partial charge in [0.05, 0.1) is 6.61 Å². The molecule has 0 unspecified atom stereocenters. The summed E-state index contributed by atoms with van der Waals surface area (Å²) in [5.41, 5.74) is 0.865. The standard InChI is InChI=1S/C15H17ClO5/c1-2-11(17)12-13(14-15(21-12)20-8-19-14)18-7-9-5-3-4-6-10(9)16/h3-6,12-15H,2,7-8H2,1H3/t12-,13+,14-,15+/m1/s1. The van der Waals surface area contributed by atoms with Crippen LogP contribution in [0.2, 0.25) is 5.02 Å². The highest BCUT2D eigenvalue weighted by Gasteiger charge is 2.52. The lowest BCUT2D eigenvalue weighted by Crippen LogP contribution is -2.38. The second kappa shape index (κ2) is 6.42. The molecule has 21 heavy (non-hydrogen) atoms. The van der Waals surface area contributed by atoms with E-state index < -0.39 is 18.5 Å². The van der Waals surface area contributed by atoms with E-state index in [4.69, 9.17) is 30.5 Å². The monoisotopic (exact) mass is 312 g/mol. The van der Waals surface area contributed by atoms with Gasteiger partial charge < -0.3 is 18.9 Å². The van der Waals surface area contributed by atoms with Crippen molar-refractivity contribution in [1.29, 1.82) is 0 Å². The molecule has 1 aromatic carbocycles. The highest BCUT2D eigenvalue weighted by atomic mass is 35.5. The molecule has 2 aliphatic rings. The summed E-state index contributed by atoms with van der Waals surface area (Å²) in [5, 5.41) is 0.634. The Labute approximate surface area is 128 Å². The summed E-state index contributed by atoms with van der Waals surface area (Å²) in [6, 6.07) is 7.44. The molecule has 2 aliphatic heterocycles. The van der Waals surface area contributed by atoms with Crippen LogP contribution in [0.25, 0.3) is 0 Å². The van der Waals surface area contributed by atoms with Gasteiger partial charge in [-0.05, 0) is 11.6 Å². The fourth-order valence-corrected chi connectivity index (χ4v) is 2.75. The van der Waals surface area contributed by atoms with Crippen LogP contribution in [0, 0.1) is 0 Å². The quantitative estimate of drug-likeness (QED) is 0.835. The molecule has 4 atom stereocenters. The molecule has 0 bridgehead atoms. The van der Waals surface area contributed by atoms with Crippen molar-refractivity contribution in [3.63, 3.8) is 0 Å². The minimum Gasteiger partial charge on any atom is -0.367 e. The third-order valence-corrected chi connectivity index (χ3v) is 4.09. The molecule has 0 spiro atoms. The van der Waals surface area contributed by atoms with E-state index in [2.05, 4.69) is 0 Å². The summed E-state index contributed by atoms with van der Waals surface area (Å²) < 4.78 is 22.3. The van der Waals surface area contributed by atoms with Gasteiger partial charge in [0.15, 0.2) is 18.9 Å². The second-order valence-electron chi connectivity index (χ2n) is 5.03. The number of ketones is 1. The molecule has 0 aromatic heterocycles. The van der Waals surface area contributed by atoms with Gasteiger partial charge in [-0.3, -0.25) is 4.79 Å². The van der Waals surface area contributed by atoms with Gasteiger partial charge in [0.25, 0.3) is 0 Å². The van der Waals surface area contributed by atoms with Crippen LogP contribution >= 0.6 is 11.6 Å². The van der Waals surface area contributed by atoms with E-state index >= 15 is 0 Å². The van der Waals surface area contributed by atoms with Crippen LogP contribution in [-0.2, 0) is 30.3 Å². The lowest BCUT2D eigenvalue weighted by atomic mass is 10.1. The average Bonchev–Trinajstić information content (AvgIpc) is 3.07. The average molecular weight is 313 g/mol. The third-order valence-electron chi connectivity index (χ3n) is 3.72. The molecule has 3 rings (SSSR count). The molecule has 2 fully saturated rings. The number of fused-ring (bicyclic) bond motifs is 1. The maximum absolute atomic E-state index is 12.0. The predicted octanol–water partition coefficient (Wildman–Crippen LogP) is 2.30. The van der Waals surface area contributed by atoms with Gasteiger partial charge in [-0.1, -0.05) is 36.7 Å². The van der Waals surface area contributed by atoms with Gasteiger partial charge in [0.2, 0.25) is 0 Å². The van der Waals surface area contributed by atoms with Crippen molar-refractivity contribution < 1.29 is 23.7 Å². The minimum atomic E-state index is -0.646. The van der Waals surface area contributed by atoms with E-state index in [0.717, 1.165) is 5.56 Å². The van der Waals surface area contributed by atoms with E-state index in [9.17, 15) is 4.79 Å². The van der Waals surface area contributed by atoms with Gasteiger partial charge in [0, 0.05) is 11.4 Å². The van der Waals surface area contributed by atoms with Gasteiger partial charge in [0.1, 0.15) is 18.3 Å². The third kappa shape index (κ3) is 2.98.